The third-order valence-corrected chi connectivity index (χ3v) is 1.86. The van der Waals surface area contributed by atoms with Crippen LogP contribution in [0.5, 0.6) is 0 Å². The van der Waals surface area contributed by atoms with Gasteiger partial charge in [-0.15, -0.1) is 0 Å². The lowest BCUT2D eigenvalue weighted by Crippen LogP contribution is -2.01. The zero-order chi connectivity index (χ0) is 9.80. The molecule has 0 radical (unpaired) electrons. The summed E-state index contributed by atoms with van der Waals surface area (Å²) >= 11 is 5.69. The summed E-state index contributed by atoms with van der Waals surface area (Å²) in [5, 5.41) is 10.2. The monoisotopic (exact) mass is 209 g/mol. The van der Waals surface area contributed by atoms with Crippen LogP contribution in [-0.4, -0.2) is 20.2 Å². The van der Waals surface area contributed by atoms with Gasteiger partial charge in [0.05, 0.1) is 12.2 Å². The second-order valence-electron chi connectivity index (χ2n) is 2.66. The van der Waals surface area contributed by atoms with E-state index in [4.69, 9.17) is 11.6 Å². The molecule has 2 aromatic rings. The Morgan fingerprint density at radius 3 is 3.07 bits per heavy atom. The second kappa shape index (κ2) is 4.06. The third kappa shape index (κ3) is 2.20. The van der Waals surface area contributed by atoms with Gasteiger partial charge >= 0.3 is 0 Å². The van der Waals surface area contributed by atoms with Crippen LogP contribution in [0.2, 0.25) is 5.15 Å². The Labute approximate surface area is 85.5 Å². The van der Waals surface area contributed by atoms with E-state index in [0.29, 0.717) is 17.5 Å². The van der Waals surface area contributed by atoms with Crippen LogP contribution >= 0.6 is 11.6 Å². The predicted octanol–water partition coefficient (Wildman–Crippen LogP) is 1.47. The number of hydrogen-bond acceptors (Lipinski definition) is 4. The molecule has 6 heteroatoms. The van der Waals surface area contributed by atoms with E-state index in [1.807, 2.05) is 6.07 Å². The zero-order valence-corrected chi connectivity index (χ0v) is 7.99. The quantitative estimate of drug-likeness (QED) is 0.752. The number of hydrogen-bond donors (Lipinski definition) is 2. The SMILES string of the molecule is Clc1cc(NCc2ccn[nH]2)ncn1. The van der Waals surface area contributed by atoms with Crippen LogP contribution in [0.3, 0.4) is 0 Å². The van der Waals surface area contributed by atoms with Gasteiger partial charge in [0.2, 0.25) is 0 Å². The number of anilines is 1. The largest absolute Gasteiger partial charge is 0.364 e. The van der Waals surface area contributed by atoms with Crippen LogP contribution in [0.25, 0.3) is 0 Å². The van der Waals surface area contributed by atoms with Gasteiger partial charge < -0.3 is 5.32 Å². The van der Waals surface area contributed by atoms with E-state index >= 15 is 0 Å². The molecular formula is C8H8ClN5. The average Bonchev–Trinajstić information content (AvgIpc) is 2.67. The van der Waals surface area contributed by atoms with Crippen molar-refractivity contribution in [2.24, 2.45) is 0 Å². The first-order valence-electron chi connectivity index (χ1n) is 4.04. The topological polar surface area (TPSA) is 66.5 Å². The number of nitrogens with one attached hydrogen (secondary N) is 2. The van der Waals surface area contributed by atoms with Crippen molar-refractivity contribution in [1.82, 2.24) is 20.2 Å². The highest BCUT2D eigenvalue weighted by molar-refractivity contribution is 6.29. The summed E-state index contributed by atoms with van der Waals surface area (Å²) in [4.78, 5) is 7.78. The molecule has 0 saturated heterocycles. The van der Waals surface area contributed by atoms with E-state index < -0.39 is 0 Å². The molecule has 0 bridgehead atoms. The summed E-state index contributed by atoms with van der Waals surface area (Å²) in [7, 11) is 0. The molecule has 0 atom stereocenters. The van der Waals surface area contributed by atoms with E-state index in [1.165, 1.54) is 6.33 Å². The van der Waals surface area contributed by atoms with Crippen molar-refractivity contribution in [2.75, 3.05) is 5.32 Å². The van der Waals surface area contributed by atoms with Crippen molar-refractivity contribution in [2.45, 2.75) is 6.54 Å². The molecular weight excluding hydrogens is 202 g/mol. The molecule has 2 rings (SSSR count). The fourth-order valence-corrected chi connectivity index (χ4v) is 1.15. The maximum absolute atomic E-state index is 5.69. The molecule has 72 valence electrons. The van der Waals surface area contributed by atoms with Gasteiger partial charge in [-0.05, 0) is 6.07 Å². The van der Waals surface area contributed by atoms with Crippen LogP contribution in [0.4, 0.5) is 5.82 Å². The number of aromatic nitrogens is 4. The van der Waals surface area contributed by atoms with E-state index in [2.05, 4.69) is 25.5 Å². The Bertz CT molecular complexity index is 400. The van der Waals surface area contributed by atoms with Gasteiger partial charge in [0.1, 0.15) is 17.3 Å². The number of rotatable bonds is 3. The molecule has 0 aliphatic carbocycles. The van der Waals surface area contributed by atoms with E-state index in [1.54, 1.807) is 12.3 Å². The molecule has 2 heterocycles. The van der Waals surface area contributed by atoms with Crippen LogP contribution in [0, 0.1) is 0 Å². The van der Waals surface area contributed by atoms with E-state index in [-0.39, 0.29) is 0 Å². The molecule has 2 aromatic heterocycles. The van der Waals surface area contributed by atoms with Crippen molar-refractivity contribution >= 4 is 17.4 Å². The average molecular weight is 210 g/mol. The first-order valence-corrected chi connectivity index (χ1v) is 4.42. The van der Waals surface area contributed by atoms with Crippen LogP contribution in [-0.2, 0) is 6.54 Å². The van der Waals surface area contributed by atoms with Gasteiger partial charge in [-0.3, -0.25) is 5.10 Å². The van der Waals surface area contributed by atoms with Gasteiger partial charge in [-0.2, -0.15) is 5.10 Å². The summed E-state index contributed by atoms with van der Waals surface area (Å²) in [5.74, 6) is 0.694. The molecule has 2 N–H and O–H groups in total. The summed E-state index contributed by atoms with van der Waals surface area (Å²) < 4.78 is 0. The van der Waals surface area contributed by atoms with Crippen molar-refractivity contribution in [3.8, 4) is 0 Å². The Hall–Kier alpha value is -1.62. The standard InChI is InChI=1S/C8H8ClN5/c9-7-3-8(12-5-11-7)10-4-6-1-2-13-14-6/h1-3,5H,4H2,(H,13,14)(H,10,11,12). The maximum Gasteiger partial charge on any atom is 0.134 e. The summed E-state index contributed by atoms with van der Waals surface area (Å²) in [6, 6.07) is 3.55. The lowest BCUT2D eigenvalue weighted by Gasteiger charge is -2.02. The normalized spacial score (nSPS) is 10.1. The summed E-state index contributed by atoms with van der Waals surface area (Å²) in [5.41, 5.74) is 0.986. The van der Waals surface area contributed by atoms with E-state index in [9.17, 15) is 0 Å². The molecule has 5 nitrogen and oxygen atoms in total. The van der Waals surface area contributed by atoms with Gasteiger partial charge in [-0.25, -0.2) is 9.97 Å². The third-order valence-electron chi connectivity index (χ3n) is 1.65. The lowest BCUT2D eigenvalue weighted by atomic mass is 10.4. The molecule has 0 aliphatic rings. The van der Waals surface area contributed by atoms with Crippen molar-refractivity contribution in [1.29, 1.82) is 0 Å². The maximum atomic E-state index is 5.69. The molecule has 0 aliphatic heterocycles. The smallest absolute Gasteiger partial charge is 0.134 e. The van der Waals surface area contributed by atoms with Gasteiger partial charge in [-0.1, -0.05) is 11.6 Å². The number of aromatic amines is 1. The Morgan fingerprint density at radius 1 is 1.43 bits per heavy atom. The Kier molecular flexibility index (Phi) is 2.60. The molecule has 0 saturated carbocycles. The highest BCUT2D eigenvalue weighted by atomic mass is 35.5. The van der Waals surface area contributed by atoms with Crippen molar-refractivity contribution in [3.05, 3.63) is 35.5 Å². The number of nitrogens with zero attached hydrogens (tertiary/aromatic N) is 3. The second-order valence-corrected chi connectivity index (χ2v) is 3.05. The predicted molar refractivity (Wildman–Crippen MR) is 53.0 cm³/mol. The minimum atomic E-state index is 0.423. The molecule has 0 amide bonds. The zero-order valence-electron chi connectivity index (χ0n) is 7.24. The summed E-state index contributed by atoms with van der Waals surface area (Å²) in [6.45, 7) is 0.632. The lowest BCUT2D eigenvalue weighted by molar-refractivity contribution is 0.971. The minimum Gasteiger partial charge on any atom is -0.364 e. The molecule has 0 aromatic carbocycles. The summed E-state index contributed by atoms with van der Waals surface area (Å²) in [6.07, 6.45) is 3.11. The van der Waals surface area contributed by atoms with Crippen LogP contribution in [0.1, 0.15) is 5.69 Å². The van der Waals surface area contributed by atoms with Gasteiger partial charge in [0.25, 0.3) is 0 Å². The fourth-order valence-electron chi connectivity index (χ4n) is 0.999. The number of H-pyrrole nitrogens is 1. The van der Waals surface area contributed by atoms with Crippen LogP contribution in [0.15, 0.2) is 24.7 Å². The molecule has 0 unspecified atom stereocenters. The van der Waals surface area contributed by atoms with Gasteiger partial charge in [0, 0.05) is 12.3 Å². The highest BCUT2D eigenvalue weighted by Crippen LogP contribution is 2.09. The molecule has 14 heavy (non-hydrogen) atoms. The van der Waals surface area contributed by atoms with Gasteiger partial charge in [0.15, 0.2) is 0 Å². The van der Waals surface area contributed by atoms with Crippen molar-refractivity contribution < 1.29 is 0 Å². The molecule has 0 spiro atoms. The Morgan fingerprint density at radius 2 is 2.36 bits per heavy atom. The fraction of sp³-hybridized carbons (Fsp3) is 0.125. The minimum absolute atomic E-state index is 0.423. The van der Waals surface area contributed by atoms with Crippen LogP contribution < -0.4 is 5.32 Å². The number of halogens is 1. The first kappa shape index (κ1) is 8.96. The Balaban J connectivity index is 1.98. The molecule has 0 fully saturated rings. The van der Waals surface area contributed by atoms with E-state index in [0.717, 1.165) is 5.69 Å². The van der Waals surface area contributed by atoms with Crippen molar-refractivity contribution in [3.63, 3.8) is 0 Å². The first-order chi connectivity index (χ1) is 6.84. The highest BCUT2D eigenvalue weighted by Gasteiger charge is 1.96.